The van der Waals surface area contributed by atoms with Crippen LogP contribution in [0.5, 0.6) is 5.75 Å². The molecule has 2 aromatic rings. The van der Waals surface area contributed by atoms with Gasteiger partial charge in [-0.3, -0.25) is 4.68 Å². The Kier molecular flexibility index (Phi) is 4.60. The van der Waals surface area contributed by atoms with E-state index in [1.807, 2.05) is 28.9 Å². The lowest BCUT2D eigenvalue weighted by Gasteiger charge is -2.06. The molecule has 0 saturated heterocycles. The normalized spacial score (nSPS) is 14.4. The van der Waals surface area contributed by atoms with Crippen LogP contribution in [-0.2, 0) is 13.1 Å². The number of hydrogen-bond donors (Lipinski definition) is 1. The second-order valence-corrected chi connectivity index (χ2v) is 6.38. The van der Waals surface area contributed by atoms with Crippen LogP contribution in [0.25, 0.3) is 0 Å². The zero-order valence-electron chi connectivity index (χ0n) is 12.2. The van der Waals surface area contributed by atoms with Gasteiger partial charge in [0.25, 0.3) is 0 Å². The predicted octanol–water partition coefficient (Wildman–Crippen LogP) is 3.29. The monoisotopic (exact) mass is 349 g/mol. The lowest BCUT2D eigenvalue weighted by atomic mass is 10.2. The van der Waals surface area contributed by atoms with Gasteiger partial charge in [0.05, 0.1) is 12.2 Å². The lowest BCUT2D eigenvalue weighted by molar-refractivity contribution is 0.291. The molecule has 1 fully saturated rings. The summed E-state index contributed by atoms with van der Waals surface area (Å²) in [6.07, 6.45) is 4.75. The van der Waals surface area contributed by atoms with Crippen molar-refractivity contribution in [2.45, 2.75) is 38.9 Å². The predicted molar refractivity (Wildman–Crippen MR) is 86.5 cm³/mol. The van der Waals surface area contributed by atoms with Gasteiger partial charge in [-0.1, -0.05) is 15.9 Å². The van der Waals surface area contributed by atoms with Gasteiger partial charge in [0, 0.05) is 28.8 Å². The summed E-state index contributed by atoms with van der Waals surface area (Å²) in [6.45, 7) is 4.37. The van der Waals surface area contributed by atoms with E-state index in [4.69, 9.17) is 4.74 Å². The zero-order chi connectivity index (χ0) is 14.7. The zero-order valence-corrected chi connectivity index (χ0v) is 13.8. The Morgan fingerprint density at radius 3 is 2.81 bits per heavy atom. The molecule has 112 valence electrons. The van der Waals surface area contributed by atoms with E-state index in [-0.39, 0.29) is 0 Å². The molecule has 1 aromatic carbocycles. The molecule has 1 aliphatic carbocycles. The smallest absolute Gasteiger partial charge is 0.119 e. The summed E-state index contributed by atoms with van der Waals surface area (Å²) in [5.41, 5.74) is 2.39. The van der Waals surface area contributed by atoms with Crippen LogP contribution in [0.2, 0.25) is 0 Å². The van der Waals surface area contributed by atoms with Crippen molar-refractivity contribution in [3.05, 3.63) is 46.2 Å². The molecule has 5 heteroatoms. The highest BCUT2D eigenvalue weighted by molar-refractivity contribution is 9.10. The highest BCUT2D eigenvalue weighted by atomic mass is 79.9. The minimum absolute atomic E-state index is 0.623. The molecule has 0 spiro atoms. The first-order chi connectivity index (χ1) is 10.2. The molecule has 0 amide bonds. The van der Waals surface area contributed by atoms with Crippen molar-refractivity contribution in [2.24, 2.45) is 0 Å². The maximum atomic E-state index is 5.72. The fraction of sp³-hybridized carbons (Fsp3) is 0.438. The SMILES string of the molecule is Cc1nn(CCOc2ccc(Br)cc2)cc1CNC1CC1. The summed E-state index contributed by atoms with van der Waals surface area (Å²) in [5.74, 6) is 0.887. The van der Waals surface area contributed by atoms with Crippen molar-refractivity contribution < 1.29 is 4.74 Å². The average Bonchev–Trinajstić information content (AvgIpc) is 3.23. The van der Waals surface area contributed by atoms with Gasteiger partial charge in [0.2, 0.25) is 0 Å². The topological polar surface area (TPSA) is 39.1 Å². The first kappa shape index (κ1) is 14.6. The van der Waals surface area contributed by atoms with Gasteiger partial charge < -0.3 is 10.1 Å². The average molecular weight is 350 g/mol. The van der Waals surface area contributed by atoms with Crippen LogP contribution < -0.4 is 10.1 Å². The van der Waals surface area contributed by atoms with Crippen LogP contribution in [0, 0.1) is 6.92 Å². The fourth-order valence-electron chi connectivity index (χ4n) is 2.18. The molecular formula is C16H20BrN3O. The Bertz CT molecular complexity index is 590. The number of ether oxygens (including phenoxy) is 1. The van der Waals surface area contributed by atoms with Crippen LogP contribution in [-0.4, -0.2) is 22.4 Å². The molecule has 1 heterocycles. The Hall–Kier alpha value is -1.33. The quantitative estimate of drug-likeness (QED) is 0.833. The number of rotatable bonds is 7. The van der Waals surface area contributed by atoms with Crippen molar-refractivity contribution in [1.82, 2.24) is 15.1 Å². The molecule has 0 aliphatic heterocycles. The fourth-order valence-corrected chi connectivity index (χ4v) is 2.44. The molecule has 0 bridgehead atoms. The van der Waals surface area contributed by atoms with E-state index >= 15 is 0 Å². The number of hydrogen-bond acceptors (Lipinski definition) is 3. The van der Waals surface area contributed by atoms with Gasteiger partial charge in [-0.2, -0.15) is 5.10 Å². The molecule has 1 aliphatic rings. The Labute approximate surface area is 133 Å². The molecule has 0 radical (unpaired) electrons. The van der Waals surface area contributed by atoms with Crippen molar-refractivity contribution in [3.63, 3.8) is 0 Å². The number of aromatic nitrogens is 2. The third kappa shape index (κ3) is 4.32. The van der Waals surface area contributed by atoms with E-state index in [2.05, 4.69) is 39.5 Å². The van der Waals surface area contributed by atoms with Gasteiger partial charge in [-0.15, -0.1) is 0 Å². The summed E-state index contributed by atoms with van der Waals surface area (Å²) in [7, 11) is 0. The molecule has 21 heavy (non-hydrogen) atoms. The summed E-state index contributed by atoms with van der Waals surface area (Å²) in [5, 5.41) is 8.07. The molecule has 1 aromatic heterocycles. The van der Waals surface area contributed by atoms with Crippen molar-refractivity contribution in [1.29, 1.82) is 0 Å². The molecule has 4 nitrogen and oxygen atoms in total. The molecule has 1 N–H and O–H groups in total. The lowest BCUT2D eigenvalue weighted by Crippen LogP contribution is -2.15. The molecule has 0 atom stereocenters. The first-order valence-electron chi connectivity index (χ1n) is 7.35. The van der Waals surface area contributed by atoms with E-state index in [9.17, 15) is 0 Å². The van der Waals surface area contributed by atoms with Crippen LogP contribution in [0.15, 0.2) is 34.9 Å². The van der Waals surface area contributed by atoms with Gasteiger partial charge in [0.1, 0.15) is 12.4 Å². The van der Waals surface area contributed by atoms with E-state index in [1.165, 1.54) is 18.4 Å². The summed E-state index contributed by atoms with van der Waals surface area (Å²) < 4.78 is 8.76. The number of nitrogens with one attached hydrogen (secondary N) is 1. The van der Waals surface area contributed by atoms with Crippen molar-refractivity contribution in [3.8, 4) is 5.75 Å². The number of benzene rings is 1. The molecule has 1 saturated carbocycles. The highest BCUT2D eigenvalue weighted by Crippen LogP contribution is 2.20. The highest BCUT2D eigenvalue weighted by Gasteiger charge is 2.20. The van der Waals surface area contributed by atoms with Crippen LogP contribution in [0.1, 0.15) is 24.1 Å². The van der Waals surface area contributed by atoms with Gasteiger partial charge >= 0.3 is 0 Å². The van der Waals surface area contributed by atoms with E-state index < -0.39 is 0 Å². The maximum Gasteiger partial charge on any atom is 0.119 e. The molecule has 0 unspecified atom stereocenters. The molecule has 3 rings (SSSR count). The second-order valence-electron chi connectivity index (χ2n) is 5.46. The van der Waals surface area contributed by atoms with Gasteiger partial charge in [-0.05, 0) is 44.0 Å². The van der Waals surface area contributed by atoms with Crippen molar-refractivity contribution in [2.75, 3.05) is 6.61 Å². The number of nitrogens with zero attached hydrogens (tertiary/aromatic N) is 2. The van der Waals surface area contributed by atoms with Gasteiger partial charge in [0.15, 0.2) is 0 Å². The Morgan fingerprint density at radius 2 is 2.10 bits per heavy atom. The largest absolute Gasteiger partial charge is 0.492 e. The summed E-state index contributed by atoms with van der Waals surface area (Å²) in [6, 6.07) is 8.62. The minimum Gasteiger partial charge on any atom is -0.492 e. The first-order valence-corrected chi connectivity index (χ1v) is 8.15. The van der Waals surface area contributed by atoms with Crippen LogP contribution in [0.4, 0.5) is 0 Å². The summed E-state index contributed by atoms with van der Waals surface area (Å²) >= 11 is 3.41. The second kappa shape index (κ2) is 6.62. The van der Waals surface area contributed by atoms with E-state index in [1.54, 1.807) is 0 Å². The number of aryl methyl sites for hydroxylation is 1. The Balaban J connectivity index is 1.48. The van der Waals surface area contributed by atoms with Gasteiger partial charge in [-0.25, -0.2) is 0 Å². The Morgan fingerprint density at radius 1 is 1.33 bits per heavy atom. The van der Waals surface area contributed by atoms with Crippen LogP contribution in [0.3, 0.4) is 0 Å². The standard InChI is InChI=1S/C16H20BrN3O/c1-12-13(10-18-15-4-5-15)11-20(19-12)8-9-21-16-6-2-14(17)3-7-16/h2-3,6-7,11,15,18H,4-5,8-10H2,1H3. The minimum atomic E-state index is 0.623. The molecular weight excluding hydrogens is 330 g/mol. The van der Waals surface area contributed by atoms with Crippen LogP contribution >= 0.6 is 15.9 Å². The maximum absolute atomic E-state index is 5.72. The van der Waals surface area contributed by atoms with E-state index in [0.717, 1.165) is 35.0 Å². The van der Waals surface area contributed by atoms with Crippen molar-refractivity contribution >= 4 is 15.9 Å². The third-order valence-corrected chi connectivity index (χ3v) is 4.14. The third-order valence-electron chi connectivity index (χ3n) is 3.61. The number of halogens is 1. The van der Waals surface area contributed by atoms with E-state index in [0.29, 0.717) is 6.61 Å². The summed E-state index contributed by atoms with van der Waals surface area (Å²) in [4.78, 5) is 0.